The van der Waals surface area contributed by atoms with Crippen molar-refractivity contribution in [1.29, 1.82) is 5.26 Å². The lowest BCUT2D eigenvalue weighted by Gasteiger charge is -1.92. The second-order valence-electron chi connectivity index (χ2n) is 2.85. The van der Waals surface area contributed by atoms with E-state index in [1.807, 2.05) is 0 Å². The zero-order chi connectivity index (χ0) is 10.1. The van der Waals surface area contributed by atoms with E-state index in [2.05, 4.69) is 0 Å². The van der Waals surface area contributed by atoms with Crippen LogP contribution in [0.25, 0.3) is 10.1 Å². The molecule has 2 rings (SSSR count). The highest BCUT2D eigenvalue weighted by Crippen LogP contribution is 2.27. The molecule has 0 aliphatic rings. The molecule has 4 heteroatoms. The van der Waals surface area contributed by atoms with Gasteiger partial charge >= 0.3 is 0 Å². The first-order valence-electron chi connectivity index (χ1n) is 3.97. The molecule has 70 valence electrons. The number of halogens is 1. The van der Waals surface area contributed by atoms with E-state index in [-0.39, 0.29) is 12.2 Å². The summed E-state index contributed by atoms with van der Waals surface area (Å²) < 4.78 is 14.0. The summed E-state index contributed by atoms with van der Waals surface area (Å²) in [6.45, 7) is -0.0527. The number of nitriles is 1. The highest BCUT2D eigenvalue weighted by molar-refractivity contribution is 7.19. The Hall–Kier alpha value is -1.44. The number of aliphatic hydroxyl groups excluding tert-OH is 1. The van der Waals surface area contributed by atoms with Gasteiger partial charge in [0.05, 0.1) is 12.2 Å². The lowest BCUT2D eigenvalue weighted by Crippen LogP contribution is -1.80. The Morgan fingerprint density at radius 3 is 2.86 bits per heavy atom. The van der Waals surface area contributed by atoms with Gasteiger partial charge in [-0.25, -0.2) is 4.39 Å². The molecule has 0 amide bonds. The third kappa shape index (κ3) is 1.37. The normalized spacial score (nSPS) is 10.4. The fraction of sp³-hybridized carbons (Fsp3) is 0.100. The van der Waals surface area contributed by atoms with Crippen LogP contribution in [-0.4, -0.2) is 5.11 Å². The Morgan fingerprint density at radius 2 is 2.21 bits per heavy atom. The standard InChI is InChI=1S/C10H6FNOS/c11-9-2-6-1-8(5-13)14-10(6)3-7(9)4-12/h1-3,13H,5H2. The predicted octanol–water partition coefficient (Wildman–Crippen LogP) is 2.40. The lowest BCUT2D eigenvalue weighted by molar-refractivity contribution is 0.285. The summed E-state index contributed by atoms with van der Waals surface area (Å²) in [5.74, 6) is -0.512. The number of nitrogens with zero attached hydrogens (tertiary/aromatic N) is 1. The molecule has 0 bridgehead atoms. The molecule has 0 unspecified atom stereocenters. The van der Waals surface area contributed by atoms with Crippen molar-refractivity contribution in [3.63, 3.8) is 0 Å². The summed E-state index contributed by atoms with van der Waals surface area (Å²) in [6.07, 6.45) is 0. The summed E-state index contributed by atoms with van der Waals surface area (Å²) in [4.78, 5) is 0.773. The van der Waals surface area contributed by atoms with Crippen molar-refractivity contribution < 1.29 is 9.50 Å². The molecule has 0 atom stereocenters. The zero-order valence-corrected chi connectivity index (χ0v) is 7.94. The van der Waals surface area contributed by atoms with Crippen molar-refractivity contribution in [1.82, 2.24) is 0 Å². The molecule has 0 saturated carbocycles. The maximum atomic E-state index is 13.2. The lowest BCUT2D eigenvalue weighted by atomic mass is 10.2. The van der Waals surface area contributed by atoms with Gasteiger partial charge in [0, 0.05) is 9.58 Å². The fourth-order valence-corrected chi connectivity index (χ4v) is 2.22. The molecular weight excluding hydrogens is 201 g/mol. The number of thiophene rings is 1. The molecule has 0 radical (unpaired) electrons. The molecular formula is C10H6FNOS. The maximum absolute atomic E-state index is 13.2. The number of hydrogen-bond donors (Lipinski definition) is 1. The molecule has 0 aliphatic heterocycles. The topological polar surface area (TPSA) is 44.0 Å². The second-order valence-corrected chi connectivity index (χ2v) is 4.02. The third-order valence-electron chi connectivity index (χ3n) is 1.93. The van der Waals surface area contributed by atoms with Crippen LogP contribution in [0.4, 0.5) is 4.39 Å². The van der Waals surface area contributed by atoms with Gasteiger partial charge in [0.15, 0.2) is 0 Å². The first-order chi connectivity index (χ1) is 6.74. The predicted molar refractivity (Wildman–Crippen MR) is 52.4 cm³/mol. The minimum absolute atomic E-state index is 0.0452. The van der Waals surface area contributed by atoms with E-state index in [0.717, 1.165) is 15.0 Å². The monoisotopic (exact) mass is 207 g/mol. The summed E-state index contributed by atoms with van der Waals surface area (Å²) in [5, 5.41) is 18.2. The van der Waals surface area contributed by atoms with Gasteiger partial charge in [-0.05, 0) is 23.6 Å². The number of fused-ring (bicyclic) bond motifs is 1. The van der Waals surface area contributed by atoms with Gasteiger partial charge in [-0.2, -0.15) is 5.26 Å². The quantitative estimate of drug-likeness (QED) is 0.780. The van der Waals surface area contributed by atoms with Crippen molar-refractivity contribution in [2.24, 2.45) is 0 Å². The molecule has 1 heterocycles. The van der Waals surface area contributed by atoms with Crippen molar-refractivity contribution in [2.75, 3.05) is 0 Å². The minimum Gasteiger partial charge on any atom is -0.391 e. The maximum Gasteiger partial charge on any atom is 0.141 e. The Morgan fingerprint density at radius 1 is 1.43 bits per heavy atom. The van der Waals surface area contributed by atoms with Gasteiger partial charge in [0.25, 0.3) is 0 Å². The largest absolute Gasteiger partial charge is 0.391 e. The van der Waals surface area contributed by atoms with Crippen LogP contribution in [0.15, 0.2) is 18.2 Å². The van der Waals surface area contributed by atoms with Gasteiger partial charge in [-0.1, -0.05) is 0 Å². The highest BCUT2D eigenvalue weighted by Gasteiger charge is 2.06. The molecule has 2 nitrogen and oxygen atoms in total. The smallest absolute Gasteiger partial charge is 0.141 e. The van der Waals surface area contributed by atoms with E-state index in [9.17, 15) is 4.39 Å². The van der Waals surface area contributed by atoms with Crippen LogP contribution in [0.1, 0.15) is 10.4 Å². The van der Waals surface area contributed by atoms with E-state index >= 15 is 0 Å². The van der Waals surface area contributed by atoms with Crippen LogP contribution in [0, 0.1) is 17.1 Å². The molecule has 1 aromatic carbocycles. The number of aliphatic hydroxyl groups is 1. The Bertz CT molecular complexity index is 527. The molecule has 0 saturated heterocycles. The van der Waals surface area contributed by atoms with E-state index in [1.165, 1.54) is 23.5 Å². The SMILES string of the molecule is N#Cc1cc2sc(CO)cc2cc1F. The first kappa shape index (κ1) is 9.13. The summed E-state index contributed by atoms with van der Waals surface area (Å²) in [7, 11) is 0. The van der Waals surface area contributed by atoms with E-state index in [4.69, 9.17) is 10.4 Å². The van der Waals surface area contributed by atoms with E-state index < -0.39 is 5.82 Å². The Kier molecular flexibility index (Phi) is 2.20. The number of hydrogen-bond acceptors (Lipinski definition) is 3. The van der Waals surface area contributed by atoms with Gasteiger partial charge in [-0.15, -0.1) is 11.3 Å². The third-order valence-corrected chi connectivity index (χ3v) is 3.02. The summed E-state index contributed by atoms with van der Waals surface area (Å²) in [5.41, 5.74) is 0.0452. The zero-order valence-electron chi connectivity index (χ0n) is 7.12. The van der Waals surface area contributed by atoms with Crippen molar-refractivity contribution >= 4 is 21.4 Å². The second kappa shape index (κ2) is 3.37. The molecule has 2 aromatic rings. The highest BCUT2D eigenvalue weighted by atomic mass is 32.1. The van der Waals surface area contributed by atoms with Gasteiger partial charge in [0.1, 0.15) is 11.9 Å². The van der Waals surface area contributed by atoms with E-state index in [1.54, 1.807) is 12.1 Å². The van der Waals surface area contributed by atoms with Crippen molar-refractivity contribution in [3.8, 4) is 6.07 Å². The van der Waals surface area contributed by atoms with Crippen LogP contribution in [0.2, 0.25) is 0 Å². The van der Waals surface area contributed by atoms with Crippen LogP contribution < -0.4 is 0 Å². The van der Waals surface area contributed by atoms with Crippen LogP contribution in [-0.2, 0) is 6.61 Å². The molecule has 0 aliphatic carbocycles. The Balaban J connectivity index is 2.71. The number of benzene rings is 1. The average molecular weight is 207 g/mol. The molecule has 1 aromatic heterocycles. The summed E-state index contributed by atoms with van der Waals surface area (Å²) >= 11 is 1.37. The fourth-order valence-electron chi connectivity index (χ4n) is 1.28. The van der Waals surface area contributed by atoms with Gasteiger partial charge < -0.3 is 5.11 Å². The summed E-state index contributed by atoms with van der Waals surface area (Å²) in [6, 6.07) is 6.34. The number of rotatable bonds is 1. The van der Waals surface area contributed by atoms with E-state index in [0.29, 0.717) is 0 Å². The van der Waals surface area contributed by atoms with Gasteiger partial charge in [0.2, 0.25) is 0 Å². The molecule has 0 fully saturated rings. The minimum atomic E-state index is -0.512. The molecule has 0 spiro atoms. The van der Waals surface area contributed by atoms with Crippen LogP contribution >= 0.6 is 11.3 Å². The average Bonchev–Trinajstić information content (AvgIpc) is 2.58. The molecule has 1 N–H and O–H groups in total. The van der Waals surface area contributed by atoms with Crippen molar-refractivity contribution in [3.05, 3.63) is 34.5 Å². The van der Waals surface area contributed by atoms with Crippen LogP contribution in [0.5, 0.6) is 0 Å². The Labute approximate surface area is 83.8 Å². The first-order valence-corrected chi connectivity index (χ1v) is 4.79. The van der Waals surface area contributed by atoms with Crippen LogP contribution in [0.3, 0.4) is 0 Å². The van der Waals surface area contributed by atoms with Gasteiger partial charge in [-0.3, -0.25) is 0 Å². The van der Waals surface area contributed by atoms with Crippen molar-refractivity contribution in [2.45, 2.75) is 6.61 Å². The molecule has 14 heavy (non-hydrogen) atoms.